The van der Waals surface area contributed by atoms with Crippen LogP contribution in [0.1, 0.15) is 5.69 Å². The third-order valence-electron chi connectivity index (χ3n) is 2.62. The summed E-state index contributed by atoms with van der Waals surface area (Å²) in [6.45, 7) is 0.366. The topological polar surface area (TPSA) is 60.5 Å². The molecule has 0 spiro atoms. The lowest BCUT2D eigenvalue weighted by molar-refractivity contribution is -0.123. The van der Waals surface area contributed by atoms with Gasteiger partial charge in [-0.3, -0.25) is 9.78 Å². The lowest BCUT2D eigenvalue weighted by Crippen LogP contribution is -2.28. The average Bonchev–Trinajstić information content (AvgIpc) is 2.52. The molecule has 0 fully saturated rings. The summed E-state index contributed by atoms with van der Waals surface area (Å²) in [6, 6.07) is 12.6. The monoisotopic (exact) mass is 272 g/mol. The summed E-state index contributed by atoms with van der Waals surface area (Å²) >= 11 is 0. The van der Waals surface area contributed by atoms with E-state index in [1.165, 1.54) is 0 Å². The Hall–Kier alpha value is -2.56. The summed E-state index contributed by atoms with van der Waals surface area (Å²) in [4.78, 5) is 15.7. The number of pyridine rings is 1. The van der Waals surface area contributed by atoms with E-state index >= 15 is 0 Å². The van der Waals surface area contributed by atoms with Crippen LogP contribution in [0.2, 0.25) is 0 Å². The number of methoxy groups -OCH3 is 1. The molecule has 0 radical (unpaired) electrons. The summed E-state index contributed by atoms with van der Waals surface area (Å²) in [7, 11) is 1.60. The van der Waals surface area contributed by atoms with Gasteiger partial charge in [0, 0.05) is 6.20 Å². The second-order valence-electron chi connectivity index (χ2n) is 4.06. The third-order valence-corrected chi connectivity index (χ3v) is 2.62. The molecule has 0 aliphatic carbocycles. The van der Waals surface area contributed by atoms with Crippen molar-refractivity contribution >= 4 is 5.91 Å². The molecule has 20 heavy (non-hydrogen) atoms. The van der Waals surface area contributed by atoms with E-state index in [-0.39, 0.29) is 12.5 Å². The first kappa shape index (κ1) is 13.9. The standard InChI is InChI=1S/C15H16N2O3/c1-19-13-5-7-14(8-6-13)20-11-15(18)17-10-12-4-2-3-9-16-12/h2-9H,10-11H2,1H3,(H,17,18). The number of hydrogen-bond acceptors (Lipinski definition) is 4. The van der Waals surface area contributed by atoms with E-state index in [9.17, 15) is 4.79 Å². The molecule has 2 rings (SSSR count). The lowest BCUT2D eigenvalue weighted by Gasteiger charge is -2.07. The van der Waals surface area contributed by atoms with Gasteiger partial charge in [0.25, 0.3) is 5.91 Å². The number of carbonyl (C=O) groups is 1. The molecule has 5 nitrogen and oxygen atoms in total. The quantitative estimate of drug-likeness (QED) is 0.871. The first-order chi connectivity index (χ1) is 9.78. The highest BCUT2D eigenvalue weighted by Crippen LogP contribution is 2.16. The predicted molar refractivity (Wildman–Crippen MR) is 74.6 cm³/mol. The van der Waals surface area contributed by atoms with E-state index in [2.05, 4.69) is 10.3 Å². The maximum absolute atomic E-state index is 11.6. The molecule has 0 saturated carbocycles. The maximum atomic E-state index is 11.6. The van der Waals surface area contributed by atoms with E-state index in [1.54, 1.807) is 37.6 Å². The fraction of sp³-hybridized carbons (Fsp3) is 0.200. The van der Waals surface area contributed by atoms with Crippen molar-refractivity contribution in [3.63, 3.8) is 0 Å². The highest BCUT2D eigenvalue weighted by molar-refractivity contribution is 5.77. The van der Waals surface area contributed by atoms with Crippen molar-refractivity contribution in [3.8, 4) is 11.5 Å². The van der Waals surface area contributed by atoms with Crippen molar-refractivity contribution < 1.29 is 14.3 Å². The van der Waals surface area contributed by atoms with Crippen molar-refractivity contribution in [2.24, 2.45) is 0 Å². The minimum absolute atomic E-state index is 0.0286. The lowest BCUT2D eigenvalue weighted by atomic mass is 10.3. The van der Waals surface area contributed by atoms with Crippen LogP contribution in [0.4, 0.5) is 0 Å². The molecule has 1 aromatic heterocycles. The number of aromatic nitrogens is 1. The van der Waals surface area contributed by atoms with E-state index in [1.807, 2.05) is 18.2 Å². The summed E-state index contributed by atoms with van der Waals surface area (Å²) in [5.41, 5.74) is 0.810. The molecule has 1 amide bonds. The van der Waals surface area contributed by atoms with Gasteiger partial charge in [-0.1, -0.05) is 6.07 Å². The highest BCUT2D eigenvalue weighted by atomic mass is 16.5. The zero-order chi connectivity index (χ0) is 14.2. The van der Waals surface area contributed by atoms with Gasteiger partial charge >= 0.3 is 0 Å². The number of nitrogens with one attached hydrogen (secondary N) is 1. The maximum Gasteiger partial charge on any atom is 0.258 e. The zero-order valence-corrected chi connectivity index (χ0v) is 11.2. The fourth-order valence-corrected chi connectivity index (χ4v) is 1.56. The number of rotatable bonds is 6. The van der Waals surface area contributed by atoms with E-state index in [4.69, 9.17) is 9.47 Å². The van der Waals surface area contributed by atoms with Crippen LogP contribution in [0.25, 0.3) is 0 Å². The SMILES string of the molecule is COc1ccc(OCC(=O)NCc2ccccn2)cc1. The normalized spacial score (nSPS) is 9.85. The Morgan fingerprint density at radius 2 is 1.90 bits per heavy atom. The van der Waals surface area contributed by atoms with Crippen LogP contribution in [0.15, 0.2) is 48.7 Å². The first-order valence-corrected chi connectivity index (χ1v) is 6.21. The van der Waals surface area contributed by atoms with Crippen molar-refractivity contribution in [1.82, 2.24) is 10.3 Å². The Morgan fingerprint density at radius 3 is 2.55 bits per heavy atom. The van der Waals surface area contributed by atoms with Crippen LogP contribution in [0.5, 0.6) is 11.5 Å². The summed E-state index contributed by atoms with van der Waals surface area (Å²) in [6.07, 6.45) is 1.69. The van der Waals surface area contributed by atoms with Gasteiger partial charge in [0.2, 0.25) is 0 Å². The number of amides is 1. The van der Waals surface area contributed by atoms with Gasteiger partial charge in [0.1, 0.15) is 11.5 Å². The van der Waals surface area contributed by atoms with Gasteiger partial charge in [-0.25, -0.2) is 0 Å². The molecule has 1 heterocycles. The Bertz CT molecular complexity index is 541. The fourth-order valence-electron chi connectivity index (χ4n) is 1.56. The average molecular weight is 272 g/mol. The van der Waals surface area contributed by atoms with Gasteiger partial charge in [-0.05, 0) is 36.4 Å². The molecule has 0 bridgehead atoms. The molecule has 104 valence electrons. The van der Waals surface area contributed by atoms with Crippen LogP contribution in [0.3, 0.4) is 0 Å². The molecule has 1 aromatic carbocycles. The minimum atomic E-state index is -0.188. The molecule has 2 aromatic rings. The van der Waals surface area contributed by atoms with Crippen molar-refractivity contribution in [1.29, 1.82) is 0 Å². The van der Waals surface area contributed by atoms with Crippen molar-refractivity contribution in [2.75, 3.05) is 13.7 Å². The predicted octanol–water partition coefficient (Wildman–Crippen LogP) is 1.79. The van der Waals surface area contributed by atoms with Gasteiger partial charge in [0.05, 0.1) is 19.3 Å². The van der Waals surface area contributed by atoms with Crippen molar-refractivity contribution in [2.45, 2.75) is 6.54 Å². The van der Waals surface area contributed by atoms with E-state index in [0.717, 1.165) is 11.4 Å². The van der Waals surface area contributed by atoms with Gasteiger partial charge in [-0.2, -0.15) is 0 Å². The largest absolute Gasteiger partial charge is 0.497 e. The summed E-state index contributed by atoms with van der Waals surface area (Å²) in [5.74, 6) is 1.18. The number of nitrogens with zero attached hydrogens (tertiary/aromatic N) is 1. The third kappa shape index (κ3) is 4.28. The molecule has 1 N–H and O–H groups in total. The Labute approximate surface area is 117 Å². The molecule has 0 aliphatic rings. The van der Waals surface area contributed by atoms with Gasteiger partial charge < -0.3 is 14.8 Å². The van der Waals surface area contributed by atoms with Gasteiger partial charge in [0.15, 0.2) is 6.61 Å². The van der Waals surface area contributed by atoms with E-state index in [0.29, 0.717) is 12.3 Å². The number of benzene rings is 1. The molecular formula is C15H16N2O3. The second-order valence-corrected chi connectivity index (χ2v) is 4.06. The number of carbonyl (C=O) groups excluding carboxylic acids is 1. The summed E-state index contributed by atoms with van der Waals surface area (Å²) < 4.78 is 10.4. The molecule has 0 saturated heterocycles. The Morgan fingerprint density at radius 1 is 1.15 bits per heavy atom. The number of ether oxygens (including phenoxy) is 2. The van der Waals surface area contributed by atoms with Crippen LogP contribution >= 0.6 is 0 Å². The van der Waals surface area contributed by atoms with Crippen molar-refractivity contribution in [3.05, 3.63) is 54.4 Å². The molecule has 5 heteroatoms. The Balaban J connectivity index is 1.74. The Kier molecular flexibility index (Phi) is 4.94. The zero-order valence-electron chi connectivity index (χ0n) is 11.2. The van der Waals surface area contributed by atoms with E-state index < -0.39 is 0 Å². The number of hydrogen-bond donors (Lipinski definition) is 1. The second kappa shape index (κ2) is 7.13. The first-order valence-electron chi connectivity index (χ1n) is 6.21. The van der Waals surface area contributed by atoms with Crippen LogP contribution in [-0.4, -0.2) is 24.6 Å². The molecule has 0 atom stereocenters. The molecule has 0 unspecified atom stereocenters. The smallest absolute Gasteiger partial charge is 0.258 e. The minimum Gasteiger partial charge on any atom is -0.497 e. The van der Waals surface area contributed by atoms with Crippen LogP contribution < -0.4 is 14.8 Å². The molecular weight excluding hydrogens is 256 g/mol. The van der Waals surface area contributed by atoms with Crippen LogP contribution in [-0.2, 0) is 11.3 Å². The molecule has 0 aliphatic heterocycles. The van der Waals surface area contributed by atoms with Crippen LogP contribution in [0, 0.1) is 0 Å². The summed E-state index contributed by atoms with van der Waals surface area (Å²) in [5, 5.41) is 2.74. The highest BCUT2D eigenvalue weighted by Gasteiger charge is 2.03. The van der Waals surface area contributed by atoms with Gasteiger partial charge in [-0.15, -0.1) is 0 Å².